The van der Waals surface area contributed by atoms with E-state index in [1.165, 1.54) is 6.07 Å². The Morgan fingerprint density at radius 2 is 1.56 bits per heavy atom. The Labute approximate surface area is 152 Å². The molecule has 8 heteroatoms. The van der Waals surface area contributed by atoms with Gasteiger partial charge in [-0.25, -0.2) is 23.5 Å². The lowest BCUT2D eigenvalue weighted by atomic mass is 10.1. The summed E-state index contributed by atoms with van der Waals surface area (Å²) in [5.41, 5.74) is 1.69. The predicted octanol–water partition coefficient (Wildman–Crippen LogP) is 2.86. The Hall–Kier alpha value is -3.55. The highest BCUT2D eigenvalue weighted by atomic mass is 19.2. The van der Waals surface area contributed by atoms with Crippen LogP contribution in [0.3, 0.4) is 0 Å². The van der Waals surface area contributed by atoms with Crippen molar-refractivity contribution in [2.75, 3.05) is 0 Å². The number of carbonyl (C=O) groups is 2. The number of benzene rings is 1. The minimum absolute atomic E-state index is 0.0213. The molecule has 0 saturated heterocycles. The molecular formula is C19H13F2N3O3. The second-order valence-electron chi connectivity index (χ2n) is 5.78. The third-order valence-corrected chi connectivity index (χ3v) is 3.78. The molecule has 1 aromatic carbocycles. The van der Waals surface area contributed by atoms with Crippen molar-refractivity contribution < 1.29 is 23.5 Å². The molecule has 0 bridgehead atoms. The molecule has 3 aromatic rings. The number of hydrogen-bond acceptors (Lipinski definition) is 5. The Kier molecular flexibility index (Phi) is 5.25. The molecule has 3 rings (SSSR count). The number of aromatic nitrogens is 3. The van der Waals surface area contributed by atoms with Gasteiger partial charge in [-0.3, -0.25) is 9.78 Å². The average molecular weight is 369 g/mol. The zero-order valence-corrected chi connectivity index (χ0v) is 13.9. The van der Waals surface area contributed by atoms with E-state index in [9.17, 15) is 18.4 Å². The summed E-state index contributed by atoms with van der Waals surface area (Å²) in [4.78, 5) is 34.6. The third-order valence-electron chi connectivity index (χ3n) is 3.78. The molecule has 0 aliphatic rings. The van der Waals surface area contributed by atoms with Gasteiger partial charge >= 0.3 is 5.97 Å². The molecule has 0 aliphatic carbocycles. The van der Waals surface area contributed by atoms with Crippen LogP contribution in [0.25, 0.3) is 0 Å². The summed E-state index contributed by atoms with van der Waals surface area (Å²) in [6.45, 7) is 0. The number of aromatic carboxylic acids is 1. The normalized spacial score (nSPS) is 10.6. The molecule has 2 aromatic heterocycles. The Morgan fingerprint density at radius 3 is 2.15 bits per heavy atom. The summed E-state index contributed by atoms with van der Waals surface area (Å²) in [6.07, 6.45) is 4.05. The number of carbonyl (C=O) groups excluding carboxylic acids is 1. The maximum Gasteiger partial charge on any atom is 0.356 e. The van der Waals surface area contributed by atoms with Crippen LogP contribution in [0.5, 0.6) is 0 Å². The summed E-state index contributed by atoms with van der Waals surface area (Å²) in [5.74, 6) is -3.37. The Bertz CT molecular complexity index is 990. The molecule has 0 fully saturated rings. The van der Waals surface area contributed by atoms with Crippen LogP contribution in [0.1, 0.15) is 37.8 Å². The zero-order chi connectivity index (χ0) is 19.4. The molecule has 2 heterocycles. The van der Waals surface area contributed by atoms with Crippen LogP contribution in [0.15, 0.2) is 48.9 Å². The van der Waals surface area contributed by atoms with Gasteiger partial charge in [-0.2, -0.15) is 0 Å². The van der Waals surface area contributed by atoms with Gasteiger partial charge in [0.25, 0.3) is 0 Å². The highest BCUT2D eigenvalue weighted by Gasteiger charge is 2.12. The topological polar surface area (TPSA) is 93.0 Å². The molecule has 0 amide bonds. The van der Waals surface area contributed by atoms with Crippen molar-refractivity contribution >= 4 is 11.8 Å². The van der Waals surface area contributed by atoms with Gasteiger partial charge in [0.05, 0.1) is 18.8 Å². The molecule has 0 spiro atoms. The van der Waals surface area contributed by atoms with E-state index in [0.29, 0.717) is 17.7 Å². The summed E-state index contributed by atoms with van der Waals surface area (Å²) in [7, 11) is 0. The average Bonchev–Trinajstić information content (AvgIpc) is 2.66. The van der Waals surface area contributed by atoms with Crippen molar-refractivity contribution in [3.63, 3.8) is 0 Å². The van der Waals surface area contributed by atoms with Crippen LogP contribution in [-0.2, 0) is 12.8 Å². The Balaban J connectivity index is 1.65. The molecule has 136 valence electrons. The molecule has 0 radical (unpaired) electrons. The molecule has 6 nitrogen and oxygen atoms in total. The quantitative estimate of drug-likeness (QED) is 0.672. The van der Waals surface area contributed by atoms with Gasteiger partial charge < -0.3 is 5.11 Å². The van der Waals surface area contributed by atoms with Crippen molar-refractivity contribution in [1.29, 1.82) is 0 Å². The predicted molar refractivity (Wildman–Crippen MR) is 90.4 cm³/mol. The minimum Gasteiger partial charge on any atom is -0.476 e. The van der Waals surface area contributed by atoms with Crippen molar-refractivity contribution in [1.82, 2.24) is 15.0 Å². The van der Waals surface area contributed by atoms with Crippen LogP contribution >= 0.6 is 0 Å². The molecule has 1 N–H and O–H groups in total. The van der Waals surface area contributed by atoms with Crippen LogP contribution < -0.4 is 0 Å². The Morgan fingerprint density at radius 1 is 0.852 bits per heavy atom. The van der Waals surface area contributed by atoms with E-state index in [-0.39, 0.29) is 23.6 Å². The van der Waals surface area contributed by atoms with E-state index < -0.39 is 17.6 Å². The zero-order valence-electron chi connectivity index (χ0n) is 13.9. The van der Waals surface area contributed by atoms with Crippen molar-refractivity contribution in [3.05, 3.63) is 88.8 Å². The maximum absolute atomic E-state index is 13.2. The van der Waals surface area contributed by atoms with Crippen molar-refractivity contribution in [3.8, 4) is 0 Å². The number of ketones is 1. The summed E-state index contributed by atoms with van der Waals surface area (Å²) < 4.78 is 26.2. The number of pyridine rings is 1. The maximum atomic E-state index is 13.2. The first-order valence-electron chi connectivity index (χ1n) is 7.88. The van der Waals surface area contributed by atoms with E-state index in [0.717, 1.165) is 30.1 Å². The first-order valence-corrected chi connectivity index (χ1v) is 7.88. The number of carboxylic acids is 1. The molecular weight excluding hydrogens is 356 g/mol. The van der Waals surface area contributed by atoms with Crippen molar-refractivity contribution in [2.45, 2.75) is 12.8 Å². The number of rotatable bonds is 6. The summed E-state index contributed by atoms with van der Waals surface area (Å²) >= 11 is 0. The van der Waals surface area contributed by atoms with Gasteiger partial charge in [0.2, 0.25) is 0 Å². The first kappa shape index (κ1) is 18.2. The van der Waals surface area contributed by atoms with E-state index in [1.54, 1.807) is 18.3 Å². The van der Waals surface area contributed by atoms with Gasteiger partial charge in [0, 0.05) is 11.9 Å². The van der Waals surface area contributed by atoms with Gasteiger partial charge in [0.15, 0.2) is 23.1 Å². The third kappa shape index (κ3) is 4.55. The van der Waals surface area contributed by atoms with E-state index in [1.807, 2.05) is 0 Å². The van der Waals surface area contributed by atoms with Gasteiger partial charge in [-0.05, 0) is 35.7 Å². The lowest BCUT2D eigenvalue weighted by molar-refractivity contribution is 0.0689. The van der Waals surface area contributed by atoms with Gasteiger partial charge in [-0.15, -0.1) is 0 Å². The highest BCUT2D eigenvalue weighted by Crippen LogP contribution is 2.14. The minimum atomic E-state index is -1.22. The lowest BCUT2D eigenvalue weighted by Crippen LogP contribution is -2.10. The van der Waals surface area contributed by atoms with E-state index >= 15 is 0 Å². The number of hydrogen-bond donors (Lipinski definition) is 1. The molecule has 0 unspecified atom stereocenters. The fourth-order valence-corrected chi connectivity index (χ4v) is 2.39. The SMILES string of the molecule is O=C(O)c1cnc(C(=O)Cc2ccc(Cc3ccc(F)c(F)c3)cn2)cn1. The number of Topliss-reactive ketones (excluding diaryl/α,β-unsaturated/α-hetero) is 1. The van der Waals surface area contributed by atoms with Crippen molar-refractivity contribution in [2.24, 2.45) is 0 Å². The van der Waals surface area contributed by atoms with Gasteiger partial charge in [-0.1, -0.05) is 12.1 Å². The highest BCUT2D eigenvalue weighted by molar-refractivity contribution is 5.95. The summed E-state index contributed by atoms with van der Waals surface area (Å²) in [6, 6.07) is 7.10. The fraction of sp³-hybridized carbons (Fsp3) is 0.105. The smallest absolute Gasteiger partial charge is 0.356 e. The number of carboxylic acid groups (broad SMARTS) is 1. The van der Waals surface area contributed by atoms with Crippen LogP contribution in [0.2, 0.25) is 0 Å². The number of nitrogens with zero attached hydrogens (tertiary/aromatic N) is 3. The fourth-order valence-electron chi connectivity index (χ4n) is 2.39. The lowest BCUT2D eigenvalue weighted by Gasteiger charge is -2.05. The monoisotopic (exact) mass is 369 g/mol. The van der Waals surface area contributed by atoms with Crippen LogP contribution in [0, 0.1) is 11.6 Å². The standard InChI is InChI=1S/C19H13F2N3O3/c20-14-4-2-11(6-15(14)21)5-12-1-3-13(22-8-12)7-18(25)16-9-24-17(10-23-16)19(26)27/h1-4,6,8-10H,5,7H2,(H,26,27). The molecule has 0 atom stereocenters. The van der Waals surface area contributed by atoms with E-state index in [4.69, 9.17) is 5.11 Å². The molecule has 27 heavy (non-hydrogen) atoms. The molecule has 0 aliphatic heterocycles. The van der Waals surface area contributed by atoms with E-state index in [2.05, 4.69) is 15.0 Å². The van der Waals surface area contributed by atoms with Crippen LogP contribution in [-0.4, -0.2) is 31.8 Å². The van der Waals surface area contributed by atoms with Gasteiger partial charge in [0.1, 0.15) is 5.69 Å². The number of halogens is 2. The summed E-state index contributed by atoms with van der Waals surface area (Å²) in [5, 5.41) is 8.77. The van der Waals surface area contributed by atoms with Crippen LogP contribution in [0.4, 0.5) is 8.78 Å². The second-order valence-corrected chi connectivity index (χ2v) is 5.78. The largest absolute Gasteiger partial charge is 0.476 e. The second kappa shape index (κ2) is 7.77. The molecule has 0 saturated carbocycles. The first-order chi connectivity index (χ1) is 12.9.